The molecule has 0 amide bonds. The lowest BCUT2D eigenvalue weighted by atomic mass is 10.1. The molecule has 0 spiro atoms. The van der Waals surface area contributed by atoms with E-state index in [0.29, 0.717) is 0 Å². The molecule has 2 aromatic rings. The molecule has 0 N–H and O–H groups in total. The smallest absolute Gasteiger partial charge is 0.341 e. The fourth-order valence-electron chi connectivity index (χ4n) is 2.58. The van der Waals surface area contributed by atoms with Gasteiger partial charge in [0, 0.05) is 18.2 Å². The Balaban J connectivity index is 0.000000593. The lowest BCUT2D eigenvalue weighted by Crippen LogP contribution is -2.11. The number of nitrogens with zero attached hydrogens (tertiary/aromatic N) is 2. The van der Waals surface area contributed by atoms with Crippen molar-refractivity contribution >= 4 is 43.3 Å². The standard InChI is InChI=1S/C10H8FNO4.C7H4FNO3.C7H15O5P/c1-16-10(13)5-2-7-6-8(11)3-4-9(7)12(14)15;8-6-1-2-7(9(11)12)5(3-6)4-10;1-4-11-13(9,12-5-2)6-7(8)10-3/h2-6H,1H3;1-4H;4-6H2,1-3H3/b5-2+;;. The lowest BCUT2D eigenvalue weighted by molar-refractivity contribution is -0.385. The molecular weight excluding hydrogens is 577 g/mol. The Morgan fingerprint density at radius 2 is 1.34 bits per heavy atom. The molecule has 41 heavy (non-hydrogen) atoms. The number of carbonyl (C=O) groups is 3. The van der Waals surface area contributed by atoms with Crippen LogP contribution < -0.4 is 0 Å². The minimum absolute atomic E-state index is 0.00963. The van der Waals surface area contributed by atoms with Crippen LogP contribution in [0.2, 0.25) is 0 Å². The molecule has 0 bridgehead atoms. The van der Waals surface area contributed by atoms with Crippen LogP contribution in [0.3, 0.4) is 0 Å². The van der Waals surface area contributed by atoms with Gasteiger partial charge in [0.05, 0.1) is 48.4 Å². The largest absolute Gasteiger partial charge is 0.469 e. The monoisotopic (exact) mass is 604 g/mol. The number of hydrogen-bond donors (Lipinski definition) is 0. The first-order valence-electron chi connectivity index (χ1n) is 11.3. The zero-order valence-electron chi connectivity index (χ0n) is 22.3. The van der Waals surface area contributed by atoms with Gasteiger partial charge < -0.3 is 18.5 Å². The molecule has 0 aliphatic carbocycles. The van der Waals surface area contributed by atoms with E-state index in [2.05, 4.69) is 9.47 Å². The zero-order valence-corrected chi connectivity index (χ0v) is 23.2. The number of halogens is 2. The number of nitro benzene ring substituents is 2. The average Bonchev–Trinajstić information content (AvgIpc) is 2.92. The van der Waals surface area contributed by atoms with Gasteiger partial charge in [0.2, 0.25) is 0 Å². The Hall–Kier alpha value is -4.40. The second-order valence-corrected chi connectivity index (χ2v) is 9.13. The van der Waals surface area contributed by atoms with Gasteiger partial charge in [0.15, 0.2) is 6.29 Å². The van der Waals surface area contributed by atoms with E-state index in [0.717, 1.165) is 48.6 Å². The molecule has 0 aliphatic rings. The van der Waals surface area contributed by atoms with Crippen LogP contribution in [-0.4, -0.2) is 61.7 Å². The van der Waals surface area contributed by atoms with Crippen LogP contribution in [-0.2, 0) is 32.7 Å². The number of ether oxygens (including phenoxy) is 2. The third-order valence-corrected chi connectivity index (χ3v) is 6.25. The van der Waals surface area contributed by atoms with Gasteiger partial charge in [0.1, 0.15) is 17.8 Å². The molecule has 2 aromatic carbocycles. The fraction of sp³-hybridized carbons (Fsp3) is 0.292. The molecule has 2 rings (SSSR count). The summed E-state index contributed by atoms with van der Waals surface area (Å²) >= 11 is 0. The minimum atomic E-state index is -3.27. The highest BCUT2D eigenvalue weighted by Crippen LogP contribution is 2.47. The summed E-state index contributed by atoms with van der Waals surface area (Å²) in [4.78, 5) is 51.2. The Morgan fingerprint density at radius 1 is 0.878 bits per heavy atom. The van der Waals surface area contributed by atoms with Crippen LogP contribution in [0.4, 0.5) is 20.2 Å². The summed E-state index contributed by atoms with van der Waals surface area (Å²) in [5.74, 6) is -2.54. The van der Waals surface area contributed by atoms with Crippen molar-refractivity contribution in [2.24, 2.45) is 0 Å². The average molecular weight is 604 g/mol. The summed E-state index contributed by atoms with van der Waals surface area (Å²) in [6, 6.07) is 5.70. The molecule has 14 nitrogen and oxygen atoms in total. The number of esters is 2. The molecule has 224 valence electrons. The highest BCUT2D eigenvalue weighted by Gasteiger charge is 2.27. The van der Waals surface area contributed by atoms with Gasteiger partial charge in [-0.25, -0.2) is 13.6 Å². The number of hydrogen-bond acceptors (Lipinski definition) is 12. The number of rotatable bonds is 11. The predicted octanol–water partition coefficient (Wildman–Crippen LogP) is 4.89. The first-order valence-corrected chi connectivity index (χ1v) is 13.0. The van der Waals surface area contributed by atoms with Crippen molar-refractivity contribution in [3.05, 3.63) is 85.5 Å². The maximum absolute atomic E-state index is 12.8. The first-order chi connectivity index (χ1) is 19.3. The van der Waals surface area contributed by atoms with Crippen LogP contribution in [0.5, 0.6) is 0 Å². The highest BCUT2D eigenvalue weighted by atomic mass is 31.2. The minimum Gasteiger partial charge on any atom is -0.469 e. The third-order valence-electron chi connectivity index (χ3n) is 4.30. The number of nitro groups is 2. The van der Waals surface area contributed by atoms with Crippen molar-refractivity contribution in [2.45, 2.75) is 13.8 Å². The molecule has 0 aromatic heterocycles. The molecule has 0 unspecified atom stereocenters. The molecule has 0 heterocycles. The quantitative estimate of drug-likeness (QED) is 0.0843. The molecule has 17 heteroatoms. The zero-order chi connectivity index (χ0) is 31.6. The molecule has 0 radical (unpaired) electrons. The van der Waals surface area contributed by atoms with Gasteiger partial charge in [-0.2, -0.15) is 0 Å². The van der Waals surface area contributed by atoms with Crippen molar-refractivity contribution in [1.82, 2.24) is 0 Å². The van der Waals surface area contributed by atoms with E-state index in [-0.39, 0.29) is 48.2 Å². The van der Waals surface area contributed by atoms with Crippen molar-refractivity contribution in [1.29, 1.82) is 0 Å². The van der Waals surface area contributed by atoms with Crippen molar-refractivity contribution in [3.63, 3.8) is 0 Å². The van der Waals surface area contributed by atoms with E-state index < -0.39 is 41.0 Å². The second kappa shape index (κ2) is 18.8. The van der Waals surface area contributed by atoms with Gasteiger partial charge >= 0.3 is 19.5 Å². The maximum atomic E-state index is 12.8. The van der Waals surface area contributed by atoms with Crippen LogP contribution in [0, 0.1) is 31.9 Å². The summed E-state index contributed by atoms with van der Waals surface area (Å²) in [5, 5.41) is 20.8. The maximum Gasteiger partial charge on any atom is 0.341 e. The Morgan fingerprint density at radius 3 is 1.73 bits per heavy atom. The van der Waals surface area contributed by atoms with Crippen LogP contribution >= 0.6 is 7.60 Å². The van der Waals surface area contributed by atoms with Gasteiger partial charge in [-0.15, -0.1) is 0 Å². The Kier molecular flexibility index (Phi) is 16.8. The summed E-state index contributed by atoms with van der Waals surface area (Å²) in [7, 11) is -0.867. The second-order valence-electron chi connectivity index (χ2n) is 7.08. The lowest BCUT2D eigenvalue weighted by Gasteiger charge is -2.15. The fourth-order valence-corrected chi connectivity index (χ4v) is 4.07. The summed E-state index contributed by atoms with van der Waals surface area (Å²) < 4.78 is 55.3. The van der Waals surface area contributed by atoms with Crippen molar-refractivity contribution in [3.8, 4) is 0 Å². The highest BCUT2D eigenvalue weighted by molar-refractivity contribution is 7.54. The first kappa shape index (κ1) is 36.6. The number of methoxy groups -OCH3 is 2. The molecule has 0 fully saturated rings. The van der Waals surface area contributed by atoms with Crippen molar-refractivity contribution < 1.29 is 56.1 Å². The van der Waals surface area contributed by atoms with E-state index in [1.54, 1.807) is 13.8 Å². The normalized spacial score (nSPS) is 10.4. The topological polar surface area (TPSA) is 191 Å². The van der Waals surface area contributed by atoms with Crippen molar-refractivity contribution in [2.75, 3.05) is 33.6 Å². The molecular formula is C24H27F2N2O12P. The van der Waals surface area contributed by atoms with E-state index in [1.165, 1.54) is 14.2 Å². The molecule has 0 atom stereocenters. The van der Waals surface area contributed by atoms with Gasteiger partial charge in [0.25, 0.3) is 11.4 Å². The van der Waals surface area contributed by atoms with E-state index in [9.17, 15) is 48.0 Å². The van der Waals surface area contributed by atoms with Gasteiger partial charge in [-0.1, -0.05) is 0 Å². The number of benzene rings is 2. The third kappa shape index (κ3) is 14.0. The molecule has 0 saturated carbocycles. The van der Waals surface area contributed by atoms with E-state index >= 15 is 0 Å². The van der Waals surface area contributed by atoms with Crippen LogP contribution in [0.25, 0.3) is 6.08 Å². The molecule has 0 aliphatic heterocycles. The summed E-state index contributed by atoms with van der Waals surface area (Å²) in [5.41, 5.74) is -0.900. The van der Waals surface area contributed by atoms with E-state index in [1.807, 2.05) is 0 Å². The SMILES string of the molecule is CCOP(=O)(CC(=O)OC)OCC.COC(=O)/C=C/c1cc(F)ccc1[N+](=O)[O-].O=Cc1cc(F)ccc1[N+](=O)[O-]. The van der Waals surface area contributed by atoms with E-state index in [4.69, 9.17) is 9.05 Å². The van der Waals surface area contributed by atoms with Crippen LogP contribution in [0.15, 0.2) is 42.5 Å². The summed E-state index contributed by atoms with van der Waals surface area (Å²) in [6.07, 6.45) is 2.04. The van der Waals surface area contributed by atoms with Gasteiger partial charge in [-0.3, -0.25) is 34.4 Å². The Bertz CT molecular complexity index is 1290. The van der Waals surface area contributed by atoms with Crippen LogP contribution in [0.1, 0.15) is 29.8 Å². The Labute approximate surface area is 232 Å². The van der Waals surface area contributed by atoms with Gasteiger partial charge in [-0.05, 0) is 44.2 Å². The predicted molar refractivity (Wildman–Crippen MR) is 140 cm³/mol. The molecule has 0 saturated heterocycles. The number of aldehydes is 1. The number of carbonyl (C=O) groups excluding carboxylic acids is 3. The summed E-state index contributed by atoms with van der Waals surface area (Å²) in [6.45, 7) is 3.86.